The molecular weight excluding hydrogens is 256 g/mol. The Kier molecular flexibility index (Phi) is 4.32. The zero-order valence-electron chi connectivity index (χ0n) is 10.9. The van der Waals surface area contributed by atoms with Crippen LogP contribution in [0.1, 0.15) is 12.5 Å². The molecule has 0 bridgehead atoms. The molecular formula is C15H18N2OS. The molecule has 1 aromatic heterocycles. The van der Waals surface area contributed by atoms with Crippen LogP contribution in [0.4, 0.5) is 0 Å². The van der Waals surface area contributed by atoms with Crippen molar-refractivity contribution in [2.45, 2.75) is 18.6 Å². The van der Waals surface area contributed by atoms with Crippen LogP contribution in [-0.4, -0.2) is 22.7 Å². The van der Waals surface area contributed by atoms with Crippen molar-refractivity contribution in [1.82, 2.24) is 10.3 Å². The van der Waals surface area contributed by atoms with Crippen molar-refractivity contribution < 1.29 is 4.79 Å². The van der Waals surface area contributed by atoms with Crippen molar-refractivity contribution in [1.29, 1.82) is 0 Å². The minimum absolute atomic E-state index is 0.118. The molecule has 0 saturated heterocycles. The van der Waals surface area contributed by atoms with Gasteiger partial charge in [0.2, 0.25) is 5.91 Å². The Bertz CT molecular complexity index is 601. The lowest BCUT2D eigenvalue weighted by Gasteiger charge is -2.09. The maximum atomic E-state index is 11.7. The Balaban J connectivity index is 1.93. The third-order valence-electron chi connectivity index (χ3n) is 3.15. The molecule has 0 radical (unpaired) electrons. The Hall–Kier alpha value is -1.68. The maximum Gasteiger partial charge on any atom is 0.247 e. The average Bonchev–Trinajstić information content (AvgIpc) is 2.81. The molecule has 0 aliphatic carbocycles. The third-order valence-corrected chi connectivity index (χ3v) is 3.46. The summed E-state index contributed by atoms with van der Waals surface area (Å²) >= 11 is 4.20. The van der Waals surface area contributed by atoms with Gasteiger partial charge in [0.1, 0.15) is 0 Å². The second kappa shape index (κ2) is 5.97. The van der Waals surface area contributed by atoms with Gasteiger partial charge in [0.15, 0.2) is 0 Å². The molecule has 100 valence electrons. The van der Waals surface area contributed by atoms with Crippen LogP contribution in [-0.2, 0) is 11.2 Å². The number of amides is 1. The topological polar surface area (TPSA) is 44.9 Å². The number of fused-ring (bicyclic) bond motifs is 1. The van der Waals surface area contributed by atoms with E-state index in [0.717, 1.165) is 11.9 Å². The first-order valence-corrected chi connectivity index (χ1v) is 6.81. The first-order valence-electron chi connectivity index (χ1n) is 6.29. The zero-order chi connectivity index (χ0) is 13.8. The summed E-state index contributed by atoms with van der Waals surface area (Å²) in [6, 6.07) is 8.14. The van der Waals surface area contributed by atoms with E-state index in [0.29, 0.717) is 12.1 Å². The quantitative estimate of drug-likeness (QED) is 0.570. The van der Waals surface area contributed by atoms with Gasteiger partial charge in [-0.15, -0.1) is 0 Å². The van der Waals surface area contributed by atoms with E-state index in [1.807, 2.05) is 31.3 Å². The van der Waals surface area contributed by atoms with E-state index in [1.54, 1.807) is 0 Å². The number of carbonyl (C=O) groups excluding carboxylic acids is 1. The predicted molar refractivity (Wildman–Crippen MR) is 82.6 cm³/mol. The van der Waals surface area contributed by atoms with E-state index in [2.05, 4.69) is 35.6 Å². The van der Waals surface area contributed by atoms with E-state index in [1.165, 1.54) is 10.9 Å². The van der Waals surface area contributed by atoms with Crippen molar-refractivity contribution in [3.8, 4) is 0 Å². The minimum atomic E-state index is -0.123. The molecule has 0 aliphatic rings. The van der Waals surface area contributed by atoms with Gasteiger partial charge in [-0.25, -0.2) is 0 Å². The molecule has 0 saturated carbocycles. The lowest BCUT2D eigenvalue weighted by Crippen LogP contribution is -2.29. The third kappa shape index (κ3) is 3.20. The standard InChI is InChI=1S/C15H18N2OS/c1-10(11(2)19)15(18)16-8-7-12-9-17-14-6-4-3-5-13(12)14/h3-6,9,11,17,19H,1,7-8H2,2H3,(H,16,18). The Morgan fingerprint density at radius 1 is 1.47 bits per heavy atom. The first-order chi connectivity index (χ1) is 9.09. The molecule has 2 aromatic rings. The van der Waals surface area contributed by atoms with Crippen LogP contribution >= 0.6 is 12.6 Å². The van der Waals surface area contributed by atoms with Gasteiger partial charge in [-0.2, -0.15) is 12.6 Å². The normalized spacial score (nSPS) is 12.3. The monoisotopic (exact) mass is 274 g/mol. The summed E-state index contributed by atoms with van der Waals surface area (Å²) in [7, 11) is 0. The largest absolute Gasteiger partial charge is 0.361 e. The first kappa shape index (κ1) is 13.7. The van der Waals surface area contributed by atoms with E-state index in [-0.39, 0.29) is 11.2 Å². The van der Waals surface area contributed by atoms with Gasteiger partial charge in [0.05, 0.1) is 0 Å². The number of aromatic nitrogens is 1. The zero-order valence-corrected chi connectivity index (χ0v) is 11.8. The maximum absolute atomic E-state index is 11.7. The van der Waals surface area contributed by atoms with E-state index in [4.69, 9.17) is 0 Å². The minimum Gasteiger partial charge on any atom is -0.361 e. The van der Waals surface area contributed by atoms with Gasteiger partial charge in [-0.05, 0) is 25.0 Å². The van der Waals surface area contributed by atoms with E-state index < -0.39 is 0 Å². The number of carbonyl (C=O) groups is 1. The van der Waals surface area contributed by atoms with Crippen molar-refractivity contribution in [3.05, 3.63) is 48.2 Å². The Labute approximate surface area is 118 Å². The predicted octanol–water partition coefficient (Wildman–Crippen LogP) is 2.70. The molecule has 1 aromatic carbocycles. The molecule has 1 atom stereocenters. The number of H-pyrrole nitrogens is 1. The highest BCUT2D eigenvalue weighted by Gasteiger charge is 2.10. The molecule has 1 unspecified atom stereocenters. The Morgan fingerprint density at radius 2 is 2.21 bits per heavy atom. The summed E-state index contributed by atoms with van der Waals surface area (Å²) in [4.78, 5) is 14.9. The molecule has 0 spiro atoms. The number of benzene rings is 1. The van der Waals surface area contributed by atoms with Gasteiger partial charge >= 0.3 is 0 Å². The summed E-state index contributed by atoms with van der Waals surface area (Å²) < 4.78 is 0. The second-order valence-corrected chi connectivity index (χ2v) is 5.34. The van der Waals surface area contributed by atoms with Crippen LogP contribution in [0, 0.1) is 0 Å². The number of hydrogen-bond acceptors (Lipinski definition) is 2. The van der Waals surface area contributed by atoms with Gasteiger partial charge in [0, 0.05) is 34.5 Å². The van der Waals surface area contributed by atoms with Gasteiger partial charge in [0.25, 0.3) is 0 Å². The van der Waals surface area contributed by atoms with Crippen LogP contribution in [0.3, 0.4) is 0 Å². The second-order valence-electron chi connectivity index (χ2n) is 4.57. The van der Waals surface area contributed by atoms with Crippen LogP contribution in [0.15, 0.2) is 42.6 Å². The lowest BCUT2D eigenvalue weighted by atomic mass is 10.1. The van der Waals surface area contributed by atoms with Crippen LogP contribution in [0.25, 0.3) is 10.9 Å². The molecule has 1 heterocycles. The fourth-order valence-electron chi connectivity index (χ4n) is 1.95. The van der Waals surface area contributed by atoms with Gasteiger partial charge in [-0.1, -0.05) is 24.8 Å². The molecule has 3 nitrogen and oxygen atoms in total. The van der Waals surface area contributed by atoms with Gasteiger partial charge in [-0.3, -0.25) is 4.79 Å². The summed E-state index contributed by atoms with van der Waals surface area (Å²) in [6.45, 7) is 6.16. The summed E-state index contributed by atoms with van der Waals surface area (Å²) in [5, 5.41) is 3.95. The highest BCUT2D eigenvalue weighted by atomic mass is 32.1. The average molecular weight is 274 g/mol. The van der Waals surface area contributed by atoms with Crippen molar-refractivity contribution in [2.75, 3.05) is 6.54 Å². The van der Waals surface area contributed by atoms with Crippen molar-refractivity contribution in [3.63, 3.8) is 0 Å². The molecule has 0 fully saturated rings. The van der Waals surface area contributed by atoms with Crippen LogP contribution in [0.2, 0.25) is 0 Å². The van der Waals surface area contributed by atoms with Crippen LogP contribution < -0.4 is 5.32 Å². The lowest BCUT2D eigenvalue weighted by molar-refractivity contribution is -0.117. The van der Waals surface area contributed by atoms with Crippen molar-refractivity contribution in [2.24, 2.45) is 0 Å². The Morgan fingerprint density at radius 3 is 2.95 bits per heavy atom. The number of rotatable bonds is 5. The van der Waals surface area contributed by atoms with Gasteiger partial charge < -0.3 is 10.3 Å². The van der Waals surface area contributed by atoms with E-state index in [9.17, 15) is 4.79 Å². The number of para-hydroxylation sites is 1. The fourth-order valence-corrected chi connectivity index (χ4v) is 2.07. The number of thiol groups is 1. The molecule has 2 N–H and O–H groups in total. The summed E-state index contributed by atoms with van der Waals surface area (Å²) in [6.07, 6.45) is 2.79. The summed E-state index contributed by atoms with van der Waals surface area (Å²) in [5.74, 6) is -0.123. The molecule has 19 heavy (non-hydrogen) atoms. The number of aromatic amines is 1. The molecule has 1 amide bonds. The SMILES string of the molecule is C=C(C(=O)NCCc1c[nH]c2ccccc12)C(C)S. The molecule has 2 rings (SSSR count). The van der Waals surface area contributed by atoms with E-state index >= 15 is 0 Å². The number of hydrogen-bond donors (Lipinski definition) is 3. The molecule has 0 aliphatic heterocycles. The number of nitrogens with one attached hydrogen (secondary N) is 2. The van der Waals surface area contributed by atoms with Crippen LogP contribution in [0.5, 0.6) is 0 Å². The molecule has 4 heteroatoms. The van der Waals surface area contributed by atoms with Crippen molar-refractivity contribution >= 4 is 29.4 Å². The smallest absolute Gasteiger partial charge is 0.247 e. The highest BCUT2D eigenvalue weighted by molar-refractivity contribution is 7.81. The highest BCUT2D eigenvalue weighted by Crippen LogP contribution is 2.17. The fraction of sp³-hybridized carbons (Fsp3) is 0.267. The summed E-state index contributed by atoms with van der Waals surface area (Å²) in [5.41, 5.74) is 2.83.